The van der Waals surface area contributed by atoms with Crippen molar-refractivity contribution in [1.82, 2.24) is 4.90 Å². The summed E-state index contributed by atoms with van der Waals surface area (Å²) >= 11 is 3.45. The predicted octanol–water partition coefficient (Wildman–Crippen LogP) is 2.49. The van der Waals surface area contributed by atoms with Crippen LogP contribution in [-0.2, 0) is 17.8 Å². The van der Waals surface area contributed by atoms with Gasteiger partial charge in [0.2, 0.25) is 5.91 Å². The number of rotatable bonds is 2. The first-order valence-electron chi connectivity index (χ1n) is 6.13. The fraction of sp³-hybridized carbons (Fsp3) is 0.500. The van der Waals surface area contributed by atoms with Crippen molar-refractivity contribution < 1.29 is 9.90 Å². The molecule has 18 heavy (non-hydrogen) atoms. The zero-order valence-electron chi connectivity index (χ0n) is 10.7. The van der Waals surface area contributed by atoms with E-state index >= 15 is 0 Å². The molecule has 0 saturated carbocycles. The van der Waals surface area contributed by atoms with Crippen molar-refractivity contribution in [2.24, 2.45) is 0 Å². The quantitative estimate of drug-likeness (QED) is 0.911. The van der Waals surface area contributed by atoms with Gasteiger partial charge in [0.25, 0.3) is 0 Å². The summed E-state index contributed by atoms with van der Waals surface area (Å²) in [6.07, 6.45) is 1.07. The molecule has 1 heterocycles. The van der Waals surface area contributed by atoms with Gasteiger partial charge in [-0.15, -0.1) is 0 Å². The molecule has 1 aromatic carbocycles. The molecule has 0 saturated heterocycles. The highest BCUT2D eigenvalue weighted by Crippen LogP contribution is 2.24. The summed E-state index contributed by atoms with van der Waals surface area (Å²) in [6.45, 7) is 4.71. The molecular formula is C14H18BrNO2. The Morgan fingerprint density at radius 2 is 2.17 bits per heavy atom. The summed E-state index contributed by atoms with van der Waals surface area (Å²) in [5, 5.41) is 9.70. The number of fused-ring (bicyclic) bond motifs is 1. The van der Waals surface area contributed by atoms with Crippen LogP contribution in [0.4, 0.5) is 0 Å². The number of halogens is 1. The largest absolute Gasteiger partial charge is 0.390 e. The Balaban J connectivity index is 2.09. The fourth-order valence-electron chi connectivity index (χ4n) is 2.22. The van der Waals surface area contributed by atoms with E-state index in [0.29, 0.717) is 6.54 Å². The number of benzene rings is 1. The Kier molecular flexibility index (Phi) is 3.78. The van der Waals surface area contributed by atoms with Gasteiger partial charge in [-0.25, -0.2) is 0 Å². The van der Waals surface area contributed by atoms with E-state index in [1.54, 1.807) is 13.8 Å². The van der Waals surface area contributed by atoms with Gasteiger partial charge < -0.3 is 10.0 Å². The number of carbonyl (C=O) groups is 1. The minimum atomic E-state index is -0.936. The molecular weight excluding hydrogens is 294 g/mol. The lowest BCUT2D eigenvalue weighted by Crippen LogP contribution is -2.39. The molecule has 0 aromatic heterocycles. The standard InChI is InChI=1S/C14H18BrNO2/c1-14(2,18)8-13(17)16-6-5-10-3-4-12(15)7-11(10)9-16/h3-4,7,18H,5-6,8-9H2,1-2H3. The molecule has 0 fully saturated rings. The summed E-state index contributed by atoms with van der Waals surface area (Å²) in [6, 6.07) is 6.21. The van der Waals surface area contributed by atoms with Crippen LogP contribution in [0.3, 0.4) is 0 Å². The van der Waals surface area contributed by atoms with Crippen molar-refractivity contribution in [3.63, 3.8) is 0 Å². The summed E-state index contributed by atoms with van der Waals surface area (Å²) < 4.78 is 1.04. The van der Waals surface area contributed by atoms with Gasteiger partial charge in [0.05, 0.1) is 12.0 Å². The first-order valence-corrected chi connectivity index (χ1v) is 6.92. The van der Waals surface area contributed by atoms with Gasteiger partial charge in [-0.1, -0.05) is 22.0 Å². The highest BCUT2D eigenvalue weighted by Gasteiger charge is 2.25. The van der Waals surface area contributed by atoms with Crippen LogP contribution in [0.25, 0.3) is 0 Å². The Labute approximate surface area is 116 Å². The highest BCUT2D eigenvalue weighted by molar-refractivity contribution is 9.10. The fourth-order valence-corrected chi connectivity index (χ4v) is 2.63. The summed E-state index contributed by atoms with van der Waals surface area (Å²) in [5.41, 5.74) is 1.57. The molecule has 0 aliphatic carbocycles. The molecule has 4 heteroatoms. The number of nitrogens with zero attached hydrogens (tertiary/aromatic N) is 1. The molecule has 1 aliphatic rings. The van der Waals surface area contributed by atoms with Crippen molar-refractivity contribution in [3.05, 3.63) is 33.8 Å². The van der Waals surface area contributed by atoms with Crippen molar-refractivity contribution in [2.45, 2.75) is 38.8 Å². The first kappa shape index (κ1) is 13.6. The summed E-state index contributed by atoms with van der Waals surface area (Å²) in [7, 11) is 0. The maximum Gasteiger partial charge on any atom is 0.225 e. The van der Waals surface area contributed by atoms with E-state index < -0.39 is 5.60 Å². The molecule has 1 aliphatic heterocycles. The van der Waals surface area contributed by atoms with Crippen molar-refractivity contribution in [1.29, 1.82) is 0 Å². The molecule has 3 nitrogen and oxygen atoms in total. The van der Waals surface area contributed by atoms with E-state index in [2.05, 4.69) is 28.1 Å². The summed E-state index contributed by atoms with van der Waals surface area (Å²) in [4.78, 5) is 13.9. The predicted molar refractivity (Wildman–Crippen MR) is 74.2 cm³/mol. The molecule has 0 spiro atoms. The van der Waals surface area contributed by atoms with Crippen LogP contribution in [0.5, 0.6) is 0 Å². The number of hydrogen-bond acceptors (Lipinski definition) is 2. The van der Waals surface area contributed by atoms with Crippen LogP contribution in [0.15, 0.2) is 22.7 Å². The van der Waals surface area contributed by atoms with Gasteiger partial charge in [0.15, 0.2) is 0 Å². The number of hydrogen-bond donors (Lipinski definition) is 1. The Hall–Kier alpha value is -0.870. The first-order chi connectivity index (χ1) is 8.35. The Morgan fingerprint density at radius 3 is 2.83 bits per heavy atom. The second-order valence-electron chi connectivity index (χ2n) is 5.47. The maximum atomic E-state index is 12.1. The molecule has 1 N–H and O–H groups in total. The molecule has 0 atom stereocenters. The van der Waals surface area contributed by atoms with Gasteiger partial charge in [-0.2, -0.15) is 0 Å². The average molecular weight is 312 g/mol. The van der Waals surface area contributed by atoms with Gasteiger partial charge >= 0.3 is 0 Å². The smallest absolute Gasteiger partial charge is 0.225 e. The lowest BCUT2D eigenvalue weighted by molar-refractivity contribution is -0.136. The minimum absolute atomic E-state index is 0.0214. The normalized spacial score (nSPS) is 15.4. The lowest BCUT2D eigenvalue weighted by Gasteiger charge is -2.31. The van der Waals surface area contributed by atoms with Crippen LogP contribution in [-0.4, -0.2) is 28.1 Å². The SMILES string of the molecule is CC(C)(O)CC(=O)N1CCc2ccc(Br)cc2C1. The van der Waals surface area contributed by atoms with Crippen LogP contribution in [0, 0.1) is 0 Å². The van der Waals surface area contributed by atoms with Crippen molar-refractivity contribution in [2.75, 3.05) is 6.54 Å². The van der Waals surface area contributed by atoms with E-state index in [1.165, 1.54) is 11.1 Å². The second-order valence-corrected chi connectivity index (χ2v) is 6.38. The van der Waals surface area contributed by atoms with Crippen LogP contribution < -0.4 is 0 Å². The third-order valence-corrected chi connectivity index (χ3v) is 3.61. The van der Waals surface area contributed by atoms with Crippen molar-refractivity contribution >= 4 is 21.8 Å². The highest BCUT2D eigenvalue weighted by atomic mass is 79.9. The van der Waals surface area contributed by atoms with E-state index in [9.17, 15) is 9.90 Å². The van der Waals surface area contributed by atoms with Crippen molar-refractivity contribution in [3.8, 4) is 0 Å². The van der Waals surface area contributed by atoms with E-state index in [1.807, 2.05) is 11.0 Å². The average Bonchev–Trinajstić information content (AvgIpc) is 2.25. The van der Waals surface area contributed by atoms with E-state index in [4.69, 9.17) is 0 Å². The molecule has 2 rings (SSSR count). The summed E-state index contributed by atoms with van der Waals surface area (Å²) in [5.74, 6) is 0.0214. The number of amides is 1. The Bertz CT molecular complexity index is 465. The number of aliphatic hydroxyl groups is 1. The third-order valence-electron chi connectivity index (χ3n) is 3.12. The molecule has 1 aromatic rings. The number of carbonyl (C=O) groups excluding carboxylic acids is 1. The monoisotopic (exact) mass is 311 g/mol. The minimum Gasteiger partial charge on any atom is -0.390 e. The van der Waals surface area contributed by atoms with Gasteiger partial charge in [-0.05, 0) is 43.5 Å². The molecule has 0 radical (unpaired) electrons. The van der Waals surface area contributed by atoms with E-state index in [-0.39, 0.29) is 12.3 Å². The second kappa shape index (κ2) is 5.02. The zero-order valence-corrected chi connectivity index (χ0v) is 12.3. The zero-order chi connectivity index (χ0) is 13.3. The molecule has 1 amide bonds. The lowest BCUT2D eigenvalue weighted by atomic mass is 9.98. The van der Waals surface area contributed by atoms with Crippen LogP contribution in [0.2, 0.25) is 0 Å². The topological polar surface area (TPSA) is 40.5 Å². The van der Waals surface area contributed by atoms with Gasteiger partial charge in [-0.3, -0.25) is 4.79 Å². The van der Waals surface area contributed by atoms with Crippen LogP contribution in [0.1, 0.15) is 31.4 Å². The van der Waals surface area contributed by atoms with E-state index in [0.717, 1.165) is 17.4 Å². The van der Waals surface area contributed by atoms with Gasteiger partial charge in [0, 0.05) is 17.6 Å². The molecule has 0 unspecified atom stereocenters. The van der Waals surface area contributed by atoms with Crippen LogP contribution >= 0.6 is 15.9 Å². The Morgan fingerprint density at radius 1 is 1.44 bits per heavy atom. The third kappa shape index (κ3) is 3.33. The molecule has 98 valence electrons. The maximum absolute atomic E-state index is 12.1. The molecule has 0 bridgehead atoms. The van der Waals surface area contributed by atoms with Gasteiger partial charge in [0.1, 0.15) is 0 Å².